The maximum Gasteiger partial charge on any atom is 0.226 e. The quantitative estimate of drug-likeness (QED) is 0.283. The predicted molar refractivity (Wildman–Crippen MR) is 169 cm³/mol. The minimum absolute atomic E-state index is 0.0461. The van der Waals surface area contributed by atoms with Crippen LogP contribution in [0.15, 0.2) is 24.4 Å². The number of benzene rings is 1. The van der Waals surface area contributed by atoms with Crippen molar-refractivity contribution in [3.05, 3.63) is 46.9 Å². The van der Waals surface area contributed by atoms with Crippen LogP contribution in [-0.2, 0) is 17.6 Å². The highest BCUT2D eigenvalue weighted by molar-refractivity contribution is 6.28. The van der Waals surface area contributed by atoms with Gasteiger partial charge in [0.2, 0.25) is 5.91 Å². The molecule has 1 aromatic heterocycles. The van der Waals surface area contributed by atoms with Crippen molar-refractivity contribution in [2.24, 2.45) is 29.1 Å². The number of carbonyl (C=O) groups is 1. The fourth-order valence-electron chi connectivity index (χ4n) is 8.91. The van der Waals surface area contributed by atoms with E-state index in [-0.39, 0.29) is 17.9 Å². The molecule has 7 rings (SSSR count). The Bertz CT molecular complexity index is 1440. The molecule has 3 N–H and O–H groups in total. The third kappa shape index (κ3) is 4.60. The number of nitrogens with zero attached hydrogens (tertiary/aromatic N) is 2. The van der Waals surface area contributed by atoms with Gasteiger partial charge < -0.3 is 20.7 Å². The standard InChI is InChI=1S/C36H47N5O/c1-4-21(2)22(3)35(42)41-32-15-25(32)16-33(41)34-39-20-31(40-34)27-12-11-26(23-7-9-24(10-8-23)30(38)19-37)28-17-36(18-29(27)28)13-5-6-14-36/h7,11-12,19-22,24-25,32-33,37-38H,4-6,8-10,13-18H2,1-3H3,(H,39,40). The molecule has 1 saturated heterocycles. The van der Waals surface area contributed by atoms with Gasteiger partial charge in [-0.15, -0.1) is 0 Å². The van der Waals surface area contributed by atoms with Gasteiger partial charge >= 0.3 is 0 Å². The van der Waals surface area contributed by atoms with Gasteiger partial charge in [-0.25, -0.2) is 4.98 Å². The van der Waals surface area contributed by atoms with E-state index in [0.717, 1.165) is 56.5 Å². The second-order valence-electron chi connectivity index (χ2n) is 14.4. The number of nitrogens with one attached hydrogen (secondary N) is 3. The van der Waals surface area contributed by atoms with Crippen LogP contribution in [0.2, 0.25) is 0 Å². The van der Waals surface area contributed by atoms with Crippen LogP contribution in [-0.4, -0.2) is 38.7 Å². The minimum atomic E-state index is 0.0461. The maximum atomic E-state index is 13.7. The van der Waals surface area contributed by atoms with Gasteiger partial charge in [-0.3, -0.25) is 4.79 Å². The molecule has 2 heterocycles. The largest absolute Gasteiger partial charge is 0.340 e. The third-order valence-electron chi connectivity index (χ3n) is 12.0. The molecule has 222 valence electrons. The molecule has 1 spiro atoms. The van der Waals surface area contributed by atoms with Gasteiger partial charge in [-0.05, 0) is 97.3 Å². The molecule has 6 heteroatoms. The number of carbonyl (C=O) groups excluding carboxylic acids is 1. The number of rotatable bonds is 8. The zero-order chi connectivity index (χ0) is 29.2. The van der Waals surface area contributed by atoms with Crippen molar-refractivity contribution in [3.63, 3.8) is 0 Å². The van der Waals surface area contributed by atoms with Gasteiger partial charge in [-0.1, -0.05) is 58.2 Å². The maximum absolute atomic E-state index is 13.7. The first-order chi connectivity index (χ1) is 20.3. The molecule has 3 fully saturated rings. The molecule has 6 atom stereocenters. The average molecular weight is 566 g/mol. The Kier molecular flexibility index (Phi) is 7.02. The summed E-state index contributed by atoms with van der Waals surface area (Å²) in [5.74, 6) is 2.52. The molecule has 42 heavy (non-hydrogen) atoms. The molecule has 6 nitrogen and oxygen atoms in total. The molecule has 1 aromatic carbocycles. The van der Waals surface area contributed by atoms with Crippen molar-refractivity contribution in [2.75, 3.05) is 0 Å². The second kappa shape index (κ2) is 10.6. The number of hydrogen-bond donors (Lipinski definition) is 3. The number of aromatic amines is 1. The van der Waals surface area contributed by atoms with Gasteiger partial charge in [0.15, 0.2) is 0 Å². The third-order valence-corrected chi connectivity index (χ3v) is 12.0. The van der Waals surface area contributed by atoms with E-state index in [1.165, 1.54) is 60.6 Å². The lowest BCUT2D eigenvalue weighted by atomic mass is 9.81. The molecule has 1 aliphatic heterocycles. The first-order valence-electron chi connectivity index (χ1n) is 16.6. The molecule has 0 bridgehead atoms. The minimum Gasteiger partial charge on any atom is -0.340 e. The zero-order valence-electron chi connectivity index (χ0n) is 25.6. The van der Waals surface area contributed by atoms with Crippen molar-refractivity contribution < 1.29 is 4.79 Å². The molecule has 2 saturated carbocycles. The van der Waals surface area contributed by atoms with E-state index in [9.17, 15) is 4.79 Å². The summed E-state index contributed by atoms with van der Waals surface area (Å²) in [6.45, 7) is 6.49. The average Bonchev–Trinajstić information content (AvgIpc) is 3.48. The highest BCUT2D eigenvalue weighted by Crippen LogP contribution is 2.55. The van der Waals surface area contributed by atoms with Crippen LogP contribution >= 0.6 is 0 Å². The zero-order valence-corrected chi connectivity index (χ0v) is 25.6. The van der Waals surface area contributed by atoms with Gasteiger partial charge in [0.25, 0.3) is 0 Å². The van der Waals surface area contributed by atoms with E-state index in [2.05, 4.69) is 48.9 Å². The molecule has 5 aliphatic rings. The molecular weight excluding hydrogens is 518 g/mol. The van der Waals surface area contributed by atoms with Crippen LogP contribution in [0.1, 0.15) is 114 Å². The summed E-state index contributed by atoms with van der Waals surface area (Å²) in [5.41, 5.74) is 9.16. The lowest BCUT2D eigenvalue weighted by Crippen LogP contribution is -2.39. The van der Waals surface area contributed by atoms with Crippen LogP contribution in [0.4, 0.5) is 0 Å². The van der Waals surface area contributed by atoms with Gasteiger partial charge in [0.05, 0.1) is 23.6 Å². The normalized spacial score (nSPS) is 28.7. The van der Waals surface area contributed by atoms with Crippen LogP contribution in [0, 0.1) is 39.9 Å². The van der Waals surface area contributed by atoms with E-state index in [4.69, 9.17) is 15.8 Å². The Hall–Kier alpha value is -3.02. The first-order valence-corrected chi connectivity index (χ1v) is 16.6. The Labute approximate surface area is 250 Å². The van der Waals surface area contributed by atoms with E-state index >= 15 is 0 Å². The number of aromatic nitrogens is 2. The summed E-state index contributed by atoms with van der Waals surface area (Å²) >= 11 is 0. The molecule has 1 amide bonds. The predicted octanol–water partition coefficient (Wildman–Crippen LogP) is 7.93. The van der Waals surface area contributed by atoms with E-state index < -0.39 is 0 Å². The summed E-state index contributed by atoms with van der Waals surface area (Å²) < 4.78 is 0. The van der Waals surface area contributed by atoms with Gasteiger partial charge in [0, 0.05) is 29.7 Å². The van der Waals surface area contributed by atoms with Crippen LogP contribution in [0.3, 0.4) is 0 Å². The Morgan fingerprint density at radius 3 is 2.60 bits per heavy atom. The van der Waals surface area contributed by atoms with Crippen molar-refractivity contribution in [1.82, 2.24) is 14.9 Å². The number of amides is 1. The number of allylic oxidation sites excluding steroid dienone is 2. The topological polar surface area (TPSA) is 96.7 Å². The van der Waals surface area contributed by atoms with Gasteiger partial charge in [0.1, 0.15) is 5.82 Å². The highest BCUT2D eigenvalue weighted by Gasteiger charge is 2.55. The van der Waals surface area contributed by atoms with Crippen molar-refractivity contribution in [1.29, 1.82) is 10.8 Å². The summed E-state index contributed by atoms with van der Waals surface area (Å²) in [6, 6.07) is 5.14. The van der Waals surface area contributed by atoms with Crippen LogP contribution in [0.5, 0.6) is 0 Å². The number of hydrogen-bond acceptors (Lipinski definition) is 4. The fourth-order valence-corrected chi connectivity index (χ4v) is 8.91. The molecule has 6 unspecified atom stereocenters. The summed E-state index contributed by atoms with van der Waals surface area (Å²) in [6.07, 6.45) is 19.3. The van der Waals surface area contributed by atoms with E-state index in [1.54, 1.807) is 5.56 Å². The summed E-state index contributed by atoms with van der Waals surface area (Å²) in [5, 5.41) is 15.6. The Morgan fingerprint density at radius 1 is 1.17 bits per heavy atom. The van der Waals surface area contributed by atoms with Crippen molar-refractivity contribution in [3.8, 4) is 11.3 Å². The molecule has 0 radical (unpaired) electrons. The van der Waals surface area contributed by atoms with Crippen molar-refractivity contribution in [2.45, 2.75) is 110 Å². The first kappa shape index (κ1) is 27.8. The molecule has 2 aromatic rings. The fraction of sp³-hybridized carbons (Fsp3) is 0.611. The number of imidazole rings is 1. The number of piperidine rings is 1. The van der Waals surface area contributed by atoms with Gasteiger partial charge in [-0.2, -0.15) is 0 Å². The van der Waals surface area contributed by atoms with Crippen molar-refractivity contribution >= 4 is 23.4 Å². The number of likely N-dealkylation sites (tertiary alicyclic amines) is 1. The monoisotopic (exact) mass is 565 g/mol. The summed E-state index contributed by atoms with van der Waals surface area (Å²) in [4.78, 5) is 24.6. The smallest absolute Gasteiger partial charge is 0.226 e. The lowest BCUT2D eigenvalue weighted by molar-refractivity contribution is -0.138. The molecular formula is C36H47N5O. The highest BCUT2D eigenvalue weighted by atomic mass is 16.2. The molecule has 4 aliphatic carbocycles. The summed E-state index contributed by atoms with van der Waals surface area (Å²) in [7, 11) is 0. The number of fused-ring (bicyclic) bond motifs is 2. The van der Waals surface area contributed by atoms with E-state index in [1.807, 2.05) is 6.20 Å². The Morgan fingerprint density at radius 2 is 1.90 bits per heavy atom. The van der Waals surface area contributed by atoms with Crippen LogP contribution in [0.25, 0.3) is 16.8 Å². The van der Waals surface area contributed by atoms with Crippen LogP contribution < -0.4 is 0 Å². The lowest BCUT2D eigenvalue weighted by Gasteiger charge is -2.31. The Balaban J connectivity index is 1.20. The second-order valence-corrected chi connectivity index (χ2v) is 14.4. The van der Waals surface area contributed by atoms with E-state index in [0.29, 0.717) is 34.9 Å². The number of H-pyrrole nitrogens is 1. The SMILES string of the molecule is CCC(C)C(C)C(=O)N1C(c2ncc(-c3ccc(C4=CCC(C(=N)C=N)CC4)c4c3CC3(CCCC3)C4)[nH]2)CC2CC21.